The van der Waals surface area contributed by atoms with Crippen LogP contribution < -0.4 is 10.6 Å². The minimum absolute atomic E-state index is 0.0918. The summed E-state index contributed by atoms with van der Waals surface area (Å²) in [6.45, 7) is 6.34. The summed E-state index contributed by atoms with van der Waals surface area (Å²) in [6, 6.07) is 0.468. The first kappa shape index (κ1) is 17.6. The maximum atomic E-state index is 9.60. The number of hydrogen-bond donors (Lipinski definition) is 3. The van der Waals surface area contributed by atoms with Crippen molar-refractivity contribution in [1.82, 2.24) is 10.6 Å². The SMILES string of the molecule is CCNC(=NCCC1CCCC(C)C1)NC1CCC(O)CC1. The fourth-order valence-corrected chi connectivity index (χ4v) is 3.91. The topological polar surface area (TPSA) is 56.7 Å². The lowest BCUT2D eigenvalue weighted by molar-refractivity contribution is 0.120. The average Bonchev–Trinajstić information content (AvgIpc) is 2.50. The summed E-state index contributed by atoms with van der Waals surface area (Å²) in [5.74, 6) is 2.75. The van der Waals surface area contributed by atoms with E-state index in [1.807, 2.05) is 0 Å². The van der Waals surface area contributed by atoms with E-state index in [0.717, 1.165) is 56.6 Å². The fourth-order valence-electron chi connectivity index (χ4n) is 3.91. The van der Waals surface area contributed by atoms with E-state index in [1.54, 1.807) is 0 Å². The Morgan fingerprint density at radius 1 is 1.14 bits per heavy atom. The molecule has 0 aromatic carbocycles. The lowest BCUT2D eigenvalue weighted by Gasteiger charge is -2.28. The van der Waals surface area contributed by atoms with Crippen LogP contribution in [0.4, 0.5) is 0 Å². The van der Waals surface area contributed by atoms with Crippen molar-refractivity contribution in [3.63, 3.8) is 0 Å². The number of hydrogen-bond acceptors (Lipinski definition) is 2. The van der Waals surface area contributed by atoms with Gasteiger partial charge in [-0.25, -0.2) is 0 Å². The van der Waals surface area contributed by atoms with Gasteiger partial charge in [-0.05, 0) is 57.3 Å². The van der Waals surface area contributed by atoms with E-state index in [2.05, 4.69) is 24.5 Å². The van der Waals surface area contributed by atoms with Crippen LogP contribution in [0.1, 0.15) is 71.6 Å². The number of aliphatic hydroxyl groups is 1. The zero-order valence-corrected chi connectivity index (χ0v) is 14.5. The van der Waals surface area contributed by atoms with Crippen molar-refractivity contribution in [2.24, 2.45) is 16.8 Å². The molecule has 0 aromatic rings. The highest BCUT2D eigenvalue weighted by Gasteiger charge is 2.20. The smallest absolute Gasteiger partial charge is 0.191 e. The van der Waals surface area contributed by atoms with Gasteiger partial charge in [-0.3, -0.25) is 4.99 Å². The normalized spacial score (nSPS) is 33.5. The molecule has 0 amide bonds. The number of aliphatic imine (C=N–C) groups is 1. The standard InChI is InChI=1S/C18H35N3O/c1-3-19-18(21-16-7-9-17(22)10-8-16)20-12-11-15-6-4-5-14(2)13-15/h14-17,22H,3-13H2,1-2H3,(H2,19,20,21). The molecule has 0 bridgehead atoms. The number of rotatable bonds is 5. The molecule has 0 aromatic heterocycles. The third-order valence-corrected chi connectivity index (χ3v) is 5.23. The maximum absolute atomic E-state index is 9.60. The first-order chi connectivity index (χ1) is 10.7. The molecule has 3 N–H and O–H groups in total. The molecule has 0 heterocycles. The van der Waals surface area contributed by atoms with E-state index in [1.165, 1.54) is 32.1 Å². The Kier molecular flexibility index (Phi) is 7.50. The van der Waals surface area contributed by atoms with E-state index in [-0.39, 0.29) is 6.10 Å². The third-order valence-electron chi connectivity index (χ3n) is 5.23. The van der Waals surface area contributed by atoms with Crippen LogP contribution >= 0.6 is 0 Å². The summed E-state index contributed by atoms with van der Waals surface area (Å²) in [4.78, 5) is 4.78. The van der Waals surface area contributed by atoms with Crippen LogP contribution in [0.25, 0.3) is 0 Å². The zero-order chi connectivity index (χ0) is 15.8. The summed E-state index contributed by atoms with van der Waals surface area (Å²) < 4.78 is 0. The molecular weight excluding hydrogens is 274 g/mol. The highest BCUT2D eigenvalue weighted by molar-refractivity contribution is 5.80. The highest BCUT2D eigenvalue weighted by atomic mass is 16.3. The summed E-state index contributed by atoms with van der Waals surface area (Å²) in [6.07, 6.45) is 10.7. The quantitative estimate of drug-likeness (QED) is 0.540. The lowest BCUT2D eigenvalue weighted by Crippen LogP contribution is -2.45. The van der Waals surface area contributed by atoms with Gasteiger partial charge in [0.15, 0.2) is 5.96 Å². The lowest BCUT2D eigenvalue weighted by atomic mass is 9.81. The molecule has 4 nitrogen and oxygen atoms in total. The Bertz CT molecular complexity index is 337. The molecule has 0 aliphatic heterocycles. The first-order valence-electron chi connectivity index (χ1n) is 9.40. The Hall–Kier alpha value is -0.770. The summed E-state index contributed by atoms with van der Waals surface area (Å²) in [5, 5.41) is 16.5. The van der Waals surface area contributed by atoms with Gasteiger partial charge < -0.3 is 15.7 Å². The van der Waals surface area contributed by atoms with Crippen molar-refractivity contribution in [2.45, 2.75) is 83.8 Å². The first-order valence-corrected chi connectivity index (χ1v) is 9.40. The summed E-state index contributed by atoms with van der Waals surface area (Å²) in [7, 11) is 0. The van der Waals surface area contributed by atoms with Gasteiger partial charge in [0.25, 0.3) is 0 Å². The zero-order valence-electron chi connectivity index (χ0n) is 14.5. The molecule has 22 heavy (non-hydrogen) atoms. The predicted octanol–water partition coefficient (Wildman–Crippen LogP) is 3.06. The maximum Gasteiger partial charge on any atom is 0.191 e. The van der Waals surface area contributed by atoms with Gasteiger partial charge in [0.05, 0.1) is 6.10 Å². The number of guanidine groups is 1. The molecule has 0 radical (unpaired) electrons. The molecule has 2 aliphatic carbocycles. The minimum atomic E-state index is -0.0918. The van der Waals surface area contributed by atoms with E-state index in [0.29, 0.717) is 6.04 Å². The van der Waals surface area contributed by atoms with Gasteiger partial charge in [-0.2, -0.15) is 0 Å². The van der Waals surface area contributed by atoms with Crippen LogP contribution in [0.5, 0.6) is 0 Å². The van der Waals surface area contributed by atoms with Gasteiger partial charge >= 0.3 is 0 Å². The van der Waals surface area contributed by atoms with Crippen LogP contribution in [0.15, 0.2) is 4.99 Å². The van der Waals surface area contributed by atoms with Crippen LogP contribution in [0, 0.1) is 11.8 Å². The van der Waals surface area contributed by atoms with Crippen molar-refractivity contribution >= 4 is 5.96 Å². The fraction of sp³-hybridized carbons (Fsp3) is 0.944. The van der Waals surface area contributed by atoms with Crippen molar-refractivity contribution in [1.29, 1.82) is 0 Å². The second-order valence-corrected chi connectivity index (χ2v) is 7.34. The molecular formula is C18H35N3O. The molecule has 2 rings (SSSR count). The monoisotopic (exact) mass is 309 g/mol. The predicted molar refractivity (Wildman–Crippen MR) is 93.1 cm³/mol. The highest BCUT2D eigenvalue weighted by Crippen LogP contribution is 2.30. The van der Waals surface area contributed by atoms with Gasteiger partial charge in [-0.15, -0.1) is 0 Å². The molecule has 2 aliphatic rings. The Balaban J connectivity index is 1.74. The van der Waals surface area contributed by atoms with Crippen molar-refractivity contribution in [3.05, 3.63) is 0 Å². The molecule has 4 heteroatoms. The van der Waals surface area contributed by atoms with Gasteiger partial charge in [0, 0.05) is 19.1 Å². The summed E-state index contributed by atoms with van der Waals surface area (Å²) in [5.41, 5.74) is 0. The van der Waals surface area contributed by atoms with Gasteiger partial charge in [-0.1, -0.05) is 26.2 Å². The number of nitrogens with one attached hydrogen (secondary N) is 2. The molecule has 2 atom stereocenters. The largest absolute Gasteiger partial charge is 0.393 e. The Morgan fingerprint density at radius 3 is 2.59 bits per heavy atom. The van der Waals surface area contributed by atoms with Gasteiger partial charge in [0.1, 0.15) is 0 Å². The van der Waals surface area contributed by atoms with E-state index in [9.17, 15) is 5.11 Å². The number of nitrogens with zero attached hydrogens (tertiary/aromatic N) is 1. The second kappa shape index (κ2) is 9.39. The molecule has 2 fully saturated rings. The van der Waals surface area contributed by atoms with E-state index < -0.39 is 0 Å². The van der Waals surface area contributed by atoms with Crippen LogP contribution in [-0.2, 0) is 0 Å². The third kappa shape index (κ3) is 6.15. The second-order valence-electron chi connectivity index (χ2n) is 7.34. The van der Waals surface area contributed by atoms with E-state index in [4.69, 9.17) is 4.99 Å². The molecule has 0 saturated heterocycles. The molecule has 2 unspecified atom stereocenters. The Labute approximate surface area is 136 Å². The van der Waals surface area contributed by atoms with Crippen molar-refractivity contribution in [3.8, 4) is 0 Å². The molecule has 2 saturated carbocycles. The number of aliphatic hydroxyl groups excluding tert-OH is 1. The van der Waals surface area contributed by atoms with Crippen molar-refractivity contribution in [2.75, 3.05) is 13.1 Å². The van der Waals surface area contributed by atoms with Crippen LogP contribution in [-0.4, -0.2) is 36.3 Å². The van der Waals surface area contributed by atoms with Gasteiger partial charge in [0.2, 0.25) is 0 Å². The summed E-state index contributed by atoms with van der Waals surface area (Å²) >= 11 is 0. The van der Waals surface area contributed by atoms with Crippen LogP contribution in [0.3, 0.4) is 0 Å². The molecule has 0 spiro atoms. The average molecular weight is 309 g/mol. The Morgan fingerprint density at radius 2 is 1.91 bits per heavy atom. The van der Waals surface area contributed by atoms with Crippen LogP contribution in [0.2, 0.25) is 0 Å². The molecule has 128 valence electrons. The van der Waals surface area contributed by atoms with Crippen molar-refractivity contribution < 1.29 is 5.11 Å². The minimum Gasteiger partial charge on any atom is -0.393 e. The van der Waals surface area contributed by atoms with E-state index >= 15 is 0 Å².